The van der Waals surface area contributed by atoms with Gasteiger partial charge in [0.1, 0.15) is 5.75 Å². The zero-order valence-electron chi connectivity index (χ0n) is 18.9. The number of rotatable bonds is 6. The molecule has 0 aliphatic heterocycles. The van der Waals surface area contributed by atoms with E-state index >= 15 is 0 Å². The molecule has 2 aromatic heterocycles. The molecular weight excluding hydrogens is 483 g/mol. The fourth-order valence-electron chi connectivity index (χ4n) is 3.74. The van der Waals surface area contributed by atoms with Gasteiger partial charge < -0.3 is 13.9 Å². The summed E-state index contributed by atoms with van der Waals surface area (Å²) in [5.74, 6) is -4.64. The molecule has 0 spiro atoms. The van der Waals surface area contributed by atoms with Gasteiger partial charge in [0.25, 0.3) is 5.56 Å². The standard InChI is InChI=1S/C25H19ClF3N3O3/c1-13-10-31(12-30-13)21-5-4-15(8-22(21)35-3)24(33)18-9-17(26)11-32(25(18)34)14(2)16-6-19(27)23(29)20(28)7-16/h4-12,14H,1-3H3. The predicted molar refractivity (Wildman–Crippen MR) is 124 cm³/mol. The maximum Gasteiger partial charge on any atom is 0.262 e. The Bertz CT molecular complexity index is 1490. The number of carbonyl (C=O) groups is 1. The molecule has 0 aliphatic carbocycles. The summed E-state index contributed by atoms with van der Waals surface area (Å²) in [5.41, 5.74) is 0.612. The summed E-state index contributed by atoms with van der Waals surface area (Å²) < 4.78 is 49.1. The topological polar surface area (TPSA) is 66.1 Å². The van der Waals surface area contributed by atoms with Gasteiger partial charge in [-0.1, -0.05) is 11.6 Å². The minimum atomic E-state index is -1.61. The highest BCUT2D eigenvalue weighted by molar-refractivity contribution is 6.31. The van der Waals surface area contributed by atoms with Gasteiger partial charge >= 0.3 is 0 Å². The number of ether oxygens (including phenoxy) is 1. The number of ketones is 1. The molecule has 0 saturated carbocycles. The molecule has 0 saturated heterocycles. The average Bonchev–Trinajstić information content (AvgIpc) is 3.28. The van der Waals surface area contributed by atoms with Crippen molar-refractivity contribution in [1.82, 2.24) is 14.1 Å². The normalized spacial score (nSPS) is 12.0. The van der Waals surface area contributed by atoms with Gasteiger partial charge in [0, 0.05) is 18.0 Å². The first-order valence-electron chi connectivity index (χ1n) is 10.4. The van der Waals surface area contributed by atoms with Crippen molar-refractivity contribution in [2.24, 2.45) is 0 Å². The van der Waals surface area contributed by atoms with Crippen molar-refractivity contribution in [3.05, 3.63) is 110 Å². The molecule has 4 rings (SSSR count). The molecule has 0 bridgehead atoms. The SMILES string of the molecule is COc1cc(C(=O)c2cc(Cl)cn(C(C)c3cc(F)c(F)c(F)c3)c2=O)ccc1-n1cnc(C)c1. The maximum atomic E-state index is 13.8. The molecule has 0 aliphatic rings. The van der Waals surface area contributed by atoms with Crippen LogP contribution in [0.25, 0.3) is 5.69 Å². The Balaban J connectivity index is 1.76. The molecule has 35 heavy (non-hydrogen) atoms. The molecule has 1 atom stereocenters. The Morgan fingerprint density at radius 1 is 1.09 bits per heavy atom. The van der Waals surface area contributed by atoms with E-state index in [0.29, 0.717) is 11.4 Å². The van der Waals surface area contributed by atoms with Crippen molar-refractivity contribution >= 4 is 17.4 Å². The molecule has 10 heteroatoms. The van der Waals surface area contributed by atoms with Crippen molar-refractivity contribution in [2.45, 2.75) is 19.9 Å². The minimum absolute atomic E-state index is 0.00851. The largest absolute Gasteiger partial charge is 0.495 e. The number of nitrogens with zero attached hydrogens (tertiary/aromatic N) is 3. The van der Waals surface area contributed by atoms with Crippen molar-refractivity contribution < 1.29 is 22.7 Å². The van der Waals surface area contributed by atoms with Crippen LogP contribution in [-0.4, -0.2) is 27.0 Å². The van der Waals surface area contributed by atoms with Crippen molar-refractivity contribution in [3.8, 4) is 11.4 Å². The predicted octanol–water partition coefficient (Wildman–Crippen LogP) is 5.26. The number of benzene rings is 2. The van der Waals surface area contributed by atoms with Crippen LogP contribution in [-0.2, 0) is 0 Å². The van der Waals surface area contributed by atoms with Crippen LogP contribution in [0.3, 0.4) is 0 Å². The molecule has 0 radical (unpaired) electrons. The molecule has 0 N–H and O–H groups in total. The first-order valence-corrected chi connectivity index (χ1v) is 10.8. The Morgan fingerprint density at radius 2 is 1.77 bits per heavy atom. The van der Waals surface area contributed by atoms with E-state index in [4.69, 9.17) is 16.3 Å². The van der Waals surface area contributed by atoms with E-state index in [-0.39, 0.29) is 21.7 Å². The molecule has 1 unspecified atom stereocenters. The highest BCUT2D eigenvalue weighted by Crippen LogP contribution is 2.27. The number of halogens is 4. The van der Waals surface area contributed by atoms with E-state index in [1.165, 1.54) is 38.4 Å². The van der Waals surface area contributed by atoms with Gasteiger partial charge in [-0.25, -0.2) is 18.2 Å². The number of methoxy groups -OCH3 is 1. The summed E-state index contributed by atoms with van der Waals surface area (Å²) in [6.07, 6.45) is 4.64. The summed E-state index contributed by atoms with van der Waals surface area (Å²) in [4.78, 5) is 30.7. The van der Waals surface area contributed by atoms with Crippen LogP contribution in [0.15, 0.2) is 59.9 Å². The molecule has 2 aromatic carbocycles. The Kier molecular flexibility index (Phi) is 6.53. The molecule has 6 nitrogen and oxygen atoms in total. The molecular formula is C25H19ClF3N3O3. The fourth-order valence-corrected chi connectivity index (χ4v) is 3.95. The quantitative estimate of drug-likeness (QED) is 0.267. The number of hydrogen-bond acceptors (Lipinski definition) is 4. The van der Waals surface area contributed by atoms with Gasteiger partial charge in [-0.05, 0) is 55.8 Å². The second-order valence-corrected chi connectivity index (χ2v) is 8.33. The second kappa shape index (κ2) is 9.42. The van der Waals surface area contributed by atoms with Crippen molar-refractivity contribution in [2.75, 3.05) is 7.11 Å². The minimum Gasteiger partial charge on any atom is -0.495 e. The van der Waals surface area contributed by atoms with E-state index in [9.17, 15) is 22.8 Å². The van der Waals surface area contributed by atoms with E-state index < -0.39 is 34.8 Å². The van der Waals surface area contributed by atoms with E-state index in [0.717, 1.165) is 22.4 Å². The summed E-state index contributed by atoms with van der Waals surface area (Å²) >= 11 is 6.18. The van der Waals surface area contributed by atoms with Crippen LogP contribution in [0.1, 0.15) is 40.1 Å². The first kappa shape index (κ1) is 24.3. The number of aryl methyl sites for hydroxylation is 1. The zero-order valence-corrected chi connectivity index (χ0v) is 19.6. The van der Waals surface area contributed by atoms with Crippen LogP contribution >= 0.6 is 11.6 Å². The second-order valence-electron chi connectivity index (χ2n) is 7.90. The third-order valence-electron chi connectivity index (χ3n) is 5.59. The van der Waals surface area contributed by atoms with Crippen LogP contribution in [0.2, 0.25) is 5.02 Å². The molecule has 4 aromatic rings. The fraction of sp³-hybridized carbons (Fsp3) is 0.160. The van der Waals surface area contributed by atoms with Gasteiger partial charge in [-0.3, -0.25) is 9.59 Å². The number of pyridine rings is 1. The lowest BCUT2D eigenvalue weighted by Gasteiger charge is -2.18. The average molecular weight is 502 g/mol. The van der Waals surface area contributed by atoms with Gasteiger partial charge in [0.2, 0.25) is 0 Å². The molecule has 2 heterocycles. The lowest BCUT2D eigenvalue weighted by Crippen LogP contribution is -2.29. The summed E-state index contributed by atoms with van der Waals surface area (Å²) in [6, 6.07) is 6.54. The lowest BCUT2D eigenvalue weighted by atomic mass is 10.0. The van der Waals surface area contributed by atoms with Crippen molar-refractivity contribution in [3.63, 3.8) is 0 Å². The molecule has 180 valence electrons. The zero-order chi connectivity index (χ0) is 25.4. The highest BCUT2D eigenvalue weighted by atomic mass is 35.5. The molecule has 0 fully saturated rings. The van der Waals surface area contributed by atoms with Crippen LogP contribution in [0.4, 0.5) is 13.2 Å². The Hall–Kier alpha value is -3.85. The number of aromatic nitrogens is 3. The summed E-state index contributed by atoms with van der Waals surface area (Å²) in [6.45, 7) is 3.31. The molecule has 0 amide bonds. The Morgan fingerprint density at radius 3 is 2.37 bits per heavy atom. The Labute approximate surface area is 203 Å². The van der Waals surface area contributed by atoms with Gasteiger partial charge in [0.15, 0.2) is 23.2 Å². The van der Waals surface area contributed by atoms with Crippen LogP contribution < -0.4 is 10.3 Å². The van der Waals surface area contributed by atoms with Gasteiger partial charge in [-0.15, -0.1) is 0 Å². The number of carbonyl (C=O) groups excluding carboxylic acids is 1. The van der Waals surface area contributed by atoms with E-state index in [1.54, 1.807) is 23.2 Å². The smallest absolute Gasteiger partial charge is 0.262 e. The third kappa shape index (κ3) is 4.59. The van der Waals surface area contributed by atoms with Gasteiger partial charge in [0.05, 0.1) is 41.4 Å². The lowest BCUT2D eigenvalue weighted by molar-refractivity contribution is 0.103. The summed E-state index contributed by atoms with van der Waals surface area (Å²) in [7, 11) is 1.45. The summed E-state index contributed by atoms with van der Waals surface area (Å²) in [5, 5.41) is 0.0559. The van der Waals surface area contributed by atoms with E-state index in [1.807, 2.05) is 6.92 Å². The van der Waals surface area contributed by atoms with Crippen molar-refractivity contribution in [1.29, 1.82) is 0 Å². The number of hydrogen-bond donors (Lipinski definition) is 0. The van der Waals surface area contributed by atoms with Crippen LogP contribution in [0.5, 0.6) is 5.75 Å². The number of imidazole rings is 1. The van der Waals surface area contributed by atoms with E-state index in [2.05, 4.69) is 4.98 Å². The maximum absolute atomic E-state index is 13.8. The van der Waals surface area contributed by atoms with Crippen LogP contribution in [0, 0.1) is 24.4 Å². The monoisotopic (exact) mass is 501 g/mol. The highest BCUT2D eigenvalue weighted by Gasteiger charge is 2.22. The third-order valence-corrected chi connectivity index (χ3v) is 5.80. The first-order chi connectivity index (χ1) is 16.6. The van der Waals surface area contributed by atoms with Gasteiger partial charge in [-0.2, -0.15) is 0 Å².